The van der Waals surface area contributed by atoms with Gasteiger partial charge in [-0.2, -0.15) is 0 Å². The van der Waals surface area contributed by atoms with E-state index in [1.807, 2.05) is 42.5 Å². The van der Waals surface area contributed by atoms with Gasteiger partial charge in [0.2, 0.25) is 0 Å². The minimum Gasteiger partial charge on any atom is -0.369 e. The average molecular weight is 238 g/mol. The van der Waals surface area contributed by atoms with E-state index >= 15 is 0 Å². The predicted octanol–water partition coefficient (Wildman–Crippen LogP) is 4.00. The van der Waals surface area contributed by atoms with Crippen LogP contribution in [-0.2, 0) is 17.8 Å². The lowest BCUT2D eigenvalue weighted by atomic mass is 10.1. The lowest BCUT2D eigenvalue weighted by Gasteiger charge is -2.14. The second-order valence-corrected chi connectivity index (χ2v) is 4.26. The summed E-state index contributed by atoms with van der Waals surface area (Å²) in [7, 11) is 0. The zero-order valence-corrected chi connectivity index (χ0v) is 10.5. The molecule has 2 aromatic carbocycles. The third-order valence-electron chi connectivity index (χ3n) is 2.85. The highest BCUT2D eigenvalue weighted by molar-refractivity contribution is 5.17. The van der Waals surface area contributed by atoms with E-state index in [4.69, 9.17) is 4.74 Å². The summed E-state index contributed by atoms with van der Waals surface area (Å²) in [5.41, 5.74) is 2.47. The van der Waals surface area contributed by atoms with Gasteiger partial charge in [-0.15, -0.1) is 6.58 Å². The summed E-state index contributed by atoms with van der Waals surface area (Å²) in [5.74, 6) is 0. The van der Waals surface area contributed by atoms with Gasteiger partial charge < -0.3 is 4.74 Å². The minimum absolute atomic E-state index is 0.0626. The molecule has 1 unspecified atom stereocenters. The van der Waals surface area contributed by atoms with Gasteiger partial charge in [0.15, 0.2) is 0 Å². The van der Waals surface area contributed by atoms with E-state index in [0.717, 1.165) is 6.42 Å². The van der Waals surface area contributed by atoms with Crippen molar-refractivity contribution in [2.75, 3.05) is 0 Å². The van der Waals surface area contributed by atoms with Crippen LogP contribution in [-0.4, -0.2) is 6.10 Å². The second-order valence-electron chi connectivity index (χ2n) is 4.26. The van der Waals surface area contributed by atoms with Crippen LogP contribution in [0.5, 0.6) is 0 Å². The Labute approximate surface area is 109 Å². The van der Waals surface area contributed by atoms with Crippen LogP contribution in [0.3, 0.4) is 0 Å². The molecular formula is C17H18O. The maximum absolute atomic E-state index is 5.86. The molecule has 0 radical (unpaired) electrons. The van der Waals surface area contributed by atoms with E-state index in [1.54, 1.807) is 0 Å². The number of rotatable bonds is 6. The Morgan fingerprint density at radius 1 is 0.889 bits per heavy atom. The Bertz CT molecular complexity index is 461. The molecule has 2 rings (SSSR count). The standard InChI is InChI=1S/C17H18O/c1-2-17(13-15-9-5-3-6-10-15)18-14-16-11-7-4-8-12-16/h2-12,17H,1,13-14H2. The van der Waals surface area contributed by atoms with Crippen LogP contribution >= 0.6 is 0 Å². The van der Waals surface area contributed by atoms with Gasteiger partial charge in [0.25, 0.3) is 0 Å². The van der Waals surface area contributed by atoms with Crippen LogP contribution in [0.2, 0.25) is 0 Å². The van der Waals surface area contributed by atoms with Crippen LogP contribution in [0.15, 0.2) is 73.3 Å². The SMILES string of the molecule is C=CC(Cc1ccccc1)OCc1ccccc1. The van der Waals surface area contributed by atoms with Crippen molar-refractivity contribution in [2.45, 2.75) is 19.1 Å². The molecule has 0 N–H and O–H groups in total. The molecule has 0 aliphatic heterocycles. The van der Waals surface area contributed by atoms with Gasteiger partial charge in [-0.25, -0.2) is 0 Å². The van der Waals surface area contributed by atoms with Crippen molar-refractivity contribution in [1.29, 1.82) is 0 Å². The quantitative estimate of drug-likeness (QED) is 0.691. The molecule has 0 spiro atoms. The molecule has 18 heavy (non-hydrogen) atoms. The molecule has 0 aromatic heterocycles. The maximum Gasteiger partial charge on any atom is 0.0798 e. The van der Waals surface area contributed by atoms with Crippen LogP contribution in [0.1, 0.15) is 11.1 Å². The average Bonchev–Trinajstić information content (AvgIpc) is 2.45. The van der Waals surface area contributed by atoms with E-state index in [2.05, 4.69) is 30.8 Å². The van der Waals surface area contributed by atoms with Gasteiger partial charge in [0, 0.05) is 6.42 Å². The maximum atomic E-state index is 5.86. The van der Waals surface area contributed by atoms with Crippen molar-refractivity contribution in [3.05, 3.63) is 84.4 Å². The van der Waals surface area contributed by atoms with Crippen molar-refractivity contribution in [2.24, 2.45) is 0 Å². The molecular weight excluding hydrogens is 220 g/mol. The molecule has 0 saturated carbocycles. The summed E-state index contributed by atoms with van der Waals surface area (Å²) in [6, 6.07) is 20.6. The Kier molecular flexibility index (Phi) is 4.74. The summed E-state index contributed by atoms with van der Waals surface area (Å²) in [4.78, 5) is 0. The summed E-state index contributed by atoms with van der Waals surface area (Å²) in [6.45, 7) is 4.47. The van der Waals surface area contributed by atoms with E-state index in [9.17, 15) is 0 Å². The number of hydrogen-bond acceptors (Lipinski definition) is 1. The molecule has 0 amide bonds. The smallest absolute Gasteiger partial charge is 0.0798 e. The Morgan fingerprint density at radius 2 is 1.44 bits per heavy atom. The van der Waals surface area contributed by atoms with Gasteiger partial charge >= 0.3 is 0 Å². The van der Waals surface area contributed by atoms with Crippen molar-refractivity contribution in [3.63, 3.8) is 0 Å². The number of ether oxygens (including phenoxy) is 1. The molecule has 1 atom stereocenters. The molecule has 0 bridgehead atoms. The fraction of sp³-hybridized carbons (Fsp3) is 0.176. The van der Waals surface area contributed by atoms with Crippen molar-refractivity contribution in [3.8, 4) is 0 Å². The molecule has 0 aliphatic carbocycles. The molecule has 2 aromatic rings. The van der Waals surface area contributed by atoms with E-state index in [0.29, 0.717) is 6.61 Å². The Balaban J connectivity index is 1.88. The van der Waals surface area contributed by atoms with Gasteiger partial charge in [-0.05, 0) is 11.1 Å². The van der Waals surface area contributed by atoms with E-state index in [1.165, 1.54) is 11.1 Å². The monoisotopic (exact) mass is 238 g/mol. The van der Waals surface area contributed by atoms with Gasteiger partial charge in [0.1, 0.15) is 0 Å². The molecule has 1 heteroatoms. The van der Waals surface area contributed by atoms with Crippen LogP contribution in [0, 0.1) is 0 Å². The molecule has 0 aliphatic rings. The largest absolute Gasteiger partial charge is 0.369 e. The zero-order chi connectivity index (χ0) is 12.6. The molecule has 0 heterocycles. The fourth-order valence-corrected chi connectivity index (χ4v) is 1.83. The molecule has 1 nitrogen and oxygen atoms in total. The van der Waals surface area contributed by atoms with Gasteiger partial charge in [-0.3, -0.25) is 0 Å². The summed E-state index contributed by atoms with van der Waals surface area (Å²) in [6.07, 6.45) is 2.81. The molecule has 0 fully saturated rings. The topological polar surface area (TPSA) is 9.23 Å². The molecule has 0 saturated heterocycles. The highest BCUT2D eigenvalue weighted by atomic mass is 16.5. The minimum atomic E-state index is 0.0626. The summed E-state index contributed by atoms with van der Waals surface area (Å²) >= 11 is 0. The fourth-order valence-electron chi connectivity index (χ4n) is 1.83. The first kappa shape index (κ1) is 12.6. The first-order valence-corrected chi connectivity index (χ1v) is 6.20. The van der Waals surface area contributed by atoms with Crippen molar-refractivity contribution in [1.82, 2.24) is 0 Å². The summed E-state index contributed by atoms with van der Waals surface area (Å²) in [5, 5.41) is 0. The first-order valence-electron chi connectivity index (χ1n) is 6.20. The van der Waals surface area contributed by atoms with Crippen LogP contribution in [0.4, 0.5) is 0 Å². The summed E-state index contributed by atoms with van der Waals surface area (Å²) < 4.78 is 5.86. The third kappa shape index (κ3) is 3.86. The Hall–Kier alpha value is -1.86. The number of hydrogen-bond donors (Lipinski definition) is 0. The predicted molar refractivity (Wildman–Crippen MR) is 75.4 cm³/mol. The number of benzene rings is 2. The second kappa shape index (κ2) is 6.77. The Morgan fingerprint density at radius 3 is 2.00 bits per heavy atom. The lowest BCUT2D eigenvalue weighted by Crippen LogP contribution is -2.12. The van der Waals surface area contributed by atoms with Gasteiger partial charge in [-0.1, -0.05) is 66.7 Å². The third-order valence-corrected chi connectivity index (χ3v) is 2.85. The van der Waals surface area contributed by atoms with Crippen LogP contribution in [0.25, 0.3) is 0 Å². The van der Waals surface area contributed by atoms with Gasteiger partial charge in [0.05, 0.1) is 12.7 Å². The molecule has 92 valence electrons. The zero-order valence-electron chi connectivity index (χ0n) is 10.5. The van der Waals surface area contributed by atoms with E-state index in [-0.39, 0.29) is 6.10 Å². The lowest BCUT2D eigenvalue weighted by molar-refractivity contribution is 0.0725. The normalized spacial score (nSPS) is 12.0. The van der Waals surface area contributed by atoms with E-state index < -0.39 is 0 Å². The first-order chi connectivity index (χ1) is 8.88. The van der Waals surface area contributed by atoms with Crippen molar-refractivity contribution >= 4 is 0 Å². The van der Waals surface area contributed by atoms with Crippen molar-refractivity contribution < 1.29 is 4.74 Å². The van der Waals surface area contributed by atoms with Crippen LogP contribution < -0.4 is 0 Å². The highest BCUT2D eigenvalue weighted by Crippen LogP contribution is 2.09. The highest BCUT2D eigenvalue weighted by Gasteiger charge is 2.05.